The lowest BCUT2D eigenvalue weighted by molar-refractivity contribution is 0.354. The van der Waals surface area contributed by atoms with Crippen LogP contribution in [0.15, 0.2) is 65.5 Å². The van der Waals surface area contributed by atoms with E-state index in [0.717, 1.165) is 32.2 Å². The Labute approximate surface area is 191 Å². The first kappa shape index (κ1) is 25.0. The van der Waals surface area contributed by atoms with Gasteiger partial charge in [-0.15, -0.1) is 0 Å². The standard InChI is InChI=1S/C30H43N/c1-10-22(7)24(9)31(30(13-4)23(8)18-21(5)6)20-29-26(12-3)15-16-27-19-25(11-2)14-17-28(27)29/h14-19,22H,9-13,20H2,1-8H3/b30-23+. The minimum Gasteiger partial charge on any atom is -0.344 e. The fraction of sp³-hybridized carbons (Fsp3) is 0.467. The van der Waals surface area contributed by atoms with E-state index in [1.54, 1.807) is 0 Å². The molecule has 1 atom stereocenters. The Morgan fingerprint density at radius 1 is 1.00 bits per heavy atom. The maximum atomic E-state index is 4.59. The van der Waals surface area contributed by atoms with E-state index >= 15 is 0 Å². The Morgan fingerprint density at radius 2 is 1.71 bits per heavy atom. The van der Waals surface area contributed by atoms with Gasteiger partial charge in [-0.05, 0) is 85.4 Å². The van der Waals surface area contributed by atoms with Gasteiger partial charge in [-0.1, -0.05) is 83.2 Å². The van der Waals surface area contributed by atoms with Crippen LogP contribution in [0.4, 0.5) is 0 Å². The average Bonchev–Trinajstić information content (AvgIpc) is 2.76. The van der Waals surface area contributed by atoms with Crippen molar-refractivity contribution in [3.8, 4) is 0 Å². The van der Waals surface area contributed by atoms with Gasteiger partial charge in [0.05, 0.1) is 0 Å². The van der Waals surface area contributed by atoms with Crippen molar-refractivity contribution in [3.05, 3.63) is 82.2 Å². The van der Waals surface area contributed by atoms with Gasteiger partial charge in [0.25, 0.3) is 0 Å². The fourth-order valence-electron chi connectivity index (χ4n) is 4.46. The first-order valence-electron chi connectivity index (χ1n) is 12.1. The summed E-state index contributed by atoms with van der Waals surface area (Å²) in [4.78, 5) is 2.52. The van der Waals surface area contributed by atoms with Gasteiger partial charge in [0.1, 0.15) is 0 Å². The number of hydrogen-bond acceptors (Lipinski definition) is 1. The number of fused-ring (bicyclic) bond motifs is 1. The number of hydrogen-bond donors (Lipinski definition) is 0. The zero-order valence-corrected chi connectivity index (χ0v) is 21.2. The second-order valence-corrected chi connectivity index (χ2v) is 9.06. The third-order valence-electron chi connectivity index (χ3n) is 6.55. The zero-order chi connectivity index (χ0) is 23.1. The van der Waals surface area contributed by atoms with Gasteiger partial charge in [0, 0.05) is 17.9 Å². The molecule has 0 spiro atoms. The SMILES string of the molecule is C=C(C(C)CC)N(Cc1c(CC)ccc2cc(CC)ccc12)/C(CC)=C(\C)C=C(C)C. The second kappa shape index (κ2) is 11.4. The van der Waals surface area contributed by atoms with E-state index in [-0.39, 0.29) is 0 Å². The Balaban J connectivity index is 2.70. The molecule has 31 heavy (non-hydrogen) atoms. The van der Waals surface area contributed by atoms with Gasteiger partial charge in [-0.3, -0.25) is 0 Å². The highest BCUT2D eigenvalue weighted by Gasteiger charge is 2.20. The van der Waals surface area contributed by atoms with Gasteiger partial charge in [0.15, 0.2) is 0 Å². The van der Waals surface area contributed by atoms with E-state index in [0.29, 0.717) is 5.92 Å². The molecule has 1 nitrogen and oxygen atoms in total. The van der Waals surface area contributed by atoms with Crippen molar-refractivity contribution < 1.29 is 0 Å². The minimum atomic E-state index is 0.452. The molecular weight excluding hydrogens is 374 g/mol. The summed E-state index contributed by atoms with van der Waals surface area (Å²) in [6.07, 6.45) is 6.53. The van der Waals surface area contributed by atoms with E-state index < -0.39 is 0 Å². The van der Waals surface area contributed by atoms with Gasteiger partial charge in [-0.25, -0.2) is 0 Å². The molecule has 0 radical (unpaired) electrons. The van der Waals surface area contributed by atoms with Crippen molar-refractivity contribution in [3.63, 3.8) is 0 Å². The number of aryl methyl sites for hydroxylation is 2. The quantitative estimate of drug-likeness (QED) is 0.349. The Hall–Kier alpha value is -2.28. The van der Waals surface area contributed by atoms with Crippen LogP contribution in [-0.4, -0.2) is 4.90 Å². The Morgan fingerprint density at radius 3 is 2.26 bits per heavy atom. The molecule has 1 unspecified atom stereocenters. The molecule has 2 aromatic carbocycles. The summed E-state index contributed by atoms with van der Waals surface area (Å²) in [5.74, 6) is 0.452. The maximum Gasteiger partial charge on any atom is 0.0484 e. The van der Waals surface area contributed by atoms with E-state index in [9.17, 15) is 0 Å². The smallest absolute Gasteiger partial charge is 0.0484 e. The third-order valence-corrected chi connectivity index (χ3v) is 6.55. The molecule has 168 valence electrons. The molecule has 0 fully saturated rings. The summed E-state index contributed by atoms with van der Waals surface area (Å²) in [5, 5.41) is 2.73. The van der Waals surface area contributed by atoms with Crippen LogP contribution < -0.4 is 0 Å². The van der Waals surface area contributed by atoms with Crippen LogP contribution in [0.5, 0.6) is 0 Å². The third kappa shape index (κ3) is 5.91. The Kier molecular flexibility index (Phi) is 9.16. The molecule has 1 heteroatoms. The molecule has 0 aliphatic heterocycles. The summed E-state index contributed by atoms with van der Waals surface area (Å²) in [5.41, 5.74) is 9.58. The summed E-state index contributed by atoms with van der Waals surface area (Å²) in [6, 6.07) is 11.6. The lowest BCUT2D eigenvalue weighted by Crippen LogP contribution is -2.26. The normalized spacial score (nSPS) is 13.0. The van der Waals surface area contributed by atoms with E-state index in [1.807, 2.05) is 0 Å². The summed E-state index contributed by atoms with van der Waals surface area (Å²) < 4.78 is 0. The van der Waals surface area contributed by atoms with E-state index in [2.05, 4.69) is 103 Å². The maximum absolute atomic E-state index is 4.59. The predicted octanol–water partition coefficient (Wildman–Crippen LogP) is 8.98. The summed E-state index contributed by atoms with van der Waals surface area (Å²) in [6.45, 7) is 23.4. The van der Waals surface area contributed by atoms with Gasteiger partial charge in [-0.2, -0.15) is 0 Å². The highest BCUT2D eigenvalue weighted by atomic mass is 15.2. The lowest BCUT2D eigenvalue weighted by Gasteiger charge is -2.34. The number of allylic oxidation sites excluding steroid dienone is 5. The minimum absolute atomic E-state index is 0.452. The van der Waals surface area contributed by atoms with Crippen LogP contribution in [0.25, 0.3) is 10.8 Å². The van der Waals surface area contributed by atoms with Crippen LogP contribution in [0, 0.1) is 5.92 Å². The molecule has 0 saturated heterocycles. The second-order valence-electron chi connectivity index (χ2n) is 9.06. The van der Waals surface area contributed by atoms with Crippen LogP contribution in [0.3, 0.4) is 0 Å². The molecular formula is C30H43N. The van der Waals surface area contributed by atoms with Crippen LogP contribution in [0.1, 0.15) is 84.9 Å². The molecule has 0 aromatic heterocycles. The zero-order valence-electron chi connectivity index (χ0n) is 21.2. The summed E-state index contributed by atoms with van der Waals surface area (Å²) in [7, 11) is 0. The first-order valence-corrected chi connectivity index (χ1v) is 12.1. The highest BCUT2D eigenvalue weighted by molar-refractivity contribution is 5.87. The predicted molar refractivity (Wildman–Crippen MR) is 139 cm³/mol. The monoisotopic (exact) mass is 417 g/mol. The average molecular weight is 418 g/mol. The molecule has 0 aliphatic rings. The molecule has 2 aromatic rings. The number of benzene rings is 2. The lowest BCUT2D eigenvalue weighted by atomic mass is 9.94. The molecule has 2 rings (SSSR count). The highest BCUT2D eigenvalue weighted by Crippen LogP contribution is 2.32. The Bertz CT molecular complexity index is 969. The van der Waals surface area contributed by atoms with Crippen molar-refractivity contribution in [1.82, 2.24) is 4.90 Å². The molecule has 0 bridgehead atoms. The summed E-state index contributed by atoms with van der Waals surface area (Å²) >= 11 is 0. The molecule has 0 N–H and O–H groups in total. The molecule has 0 amide bonds. The fourth-order valence-corrected chi connectivity index (χ4v) is 4.46. The number of rotatable bonds is 10. The van der Waals surface area contributed by atoms with Crippen molar-refractivity contribution in [1.29, 1.82) is 0 Å². The van der Waals surface area contributed by atoms with Crippen molar-refractivity contribution >= 4 is 10.8 Å². The van der Waals surface area contributed by atoms with Crippen LogP contribution >= 0.6 is 0 Å². The van der Waals surface area contributed by atoms with Gasteiger partial charge < -0.3 is 4.90 Å². The largest absolute Gasteiger partial charge is 0.344 e. The van der Waals surface area contributed by atoms with Crippen molar-refractivity contribution in [2.75, 3.05) is 0 Å². The van der Waals surface area contributed by atoms with Crippen LogP contribution in [0.2, 0.25) is 0 Å². The topological polar surface area (TPSA) is 3.24 Å². The molecule has 0 heterocycles. The van der Waals surface area contributed by atoms with E-state index in [4.69, 9.17) is 0 Å². The van der Waals surface area contributed by atoms with E-state index in [1.165, 1.54) is 50.0 Å². The van der Waals surface area contributed by atoms with Crippen molar-refractivity contribution in [2.24, 2.45) is 5.92 Å². The molecule has 0 aliphatic carbocycles. The van der Waals surface area contributed by atoms with Gasteiger partial charge in [0.2, 0.25) is 0 Å². The first-order chi connectivity index (χ1) is 14.8. The van der Waals surface area contributed by atoms with Crippen molar-refractivity contribution in [2.45, 2.75) is 87.6 Å². The van der Waals surface area contributed by atoms with Gasteiger partial charge >= 0.3 is 0 Å². The van der Waals surface area contributed by atoms with Crippen LogP contribution in [-0.2, 0) is 19.4 Å². The number of nitrogens with zero attached hydrogens (tertiary/aromatic N) is 1. The molecule has 0 saturated carbocycles.